The minimum absolute atomic E-state index is 0. The van der Waals surface area contributed by atoms with Crippen LogP contribution in [0.25, 0.3) is 0 Å². The van der Waals surface area contributed by atoms with Gasteiger partial charge in [0.1, 0.15) is 5.75 Å². The monoisotopic (exact) mass is 312 g/mol. The second-order valence-corrected chi connectivity index (χ2v) is 5.33. The van der Waals surface area contributed by atoms with Crippen LogP contribution in [-0.2, 0) is 4.79 Å². The summed E-state index contributed by atoms with van der Waals surface area (Å²) >= 11 is 0. The number of carbonyl (C=O) groups is 1. The second kappa shape index (κ2) is 8.90. The van der Waals surface area contributed by atoms with Crippen molar-refractivity contribution in [2.75, 3.05) is 32.8 Å². The van der Waals surface area contributed by atoms with Crippen LogP contribution in [0.4, 0.5) is 0 Å². The van der Waals surface area contributed by atoms with E-state index in [4.69, 9.17) is 4.74 Å². The summed E-state index contributed by atoms with van der Waals surface area (Å²) in [6.07, 6.45) is 1.35. The third kappa shape index (κ3) is 5.56. The molecule has 0 saturated carbocycles. The Hall–Kier alpha value is -1.26. The molecule has 0 aromatic heterocycles. The van der Waals surface area contributed by atoms with Gasteiger partial charge in [0.05, 0.1) is 6.61 Å². The third-order valence-electron chi connectivity index (χ3n) is 3.75. The van der Waals surface area contributed by atoms with Gasteiger partial charge in [0.25, 0.3) is 0 Å². The van der Waals surface area contributed by atoms with Crippen molar-refractivity contribution in [2.45, 2.75) is 26.7 Å². The first kappa shape index (κ1) is 17.8. The van der Waals surface area contributed by atoms with Crippen molar-refractivity contribution in [3.63, 3.8) is 0 Å². The van der Waals surface area contributed by atoms with Crippen LogP contribution >= 0.6 is 12.4 Å². The third-order valence-corrected chi connectivity index (χ3v) is 3.75. The first-order chi connectivity index (χ1) is 9.66. The highest BCUT2D eigenvalue weighted by molar-refractivity contribution is 5.85. The van der Waals surface area contributed by atoms with Gasteiger partial charge in [0.15, 0.2) is 0 Å². The molecule has 0 radical (unpaired) electrons. The largest absolute Gasteiger partial charge is 0.494 e. The van der Waals surface area contributed by atoms with Gasteiger partial charge in [0, 0.05) is 32.6 Å². The lowest BCUT2D eigenvalue weighted by molar-refractivity contribution is -0.132. The van der Waals surface area contributed by atoms with Gasteiger partial charge in [-0.2, -0.15) is 0 Å². The van der Waals surface area contributed by atoms with Crippen LogP contribution in [0.5, 0.6) is 5.75 Å². The predicted molar refractivity (Wildman–Crippen MR) is 87.3 cm³/mol. The molecule has 5 heteroatoms. The zero-order valence-corrected chi connectivity index (χ0v) is 13.7. The van der Waals surface area contributed by atoms with E-state index in [0.717, 1.165) is 38.3 Å². The van der Waals surface area contributed by atoms with Gasteiger partial charge in [-0.05, 0) is 43.5 Å². The van der Waals surface area contributed by atoms with E-state index < -0.39 is 0 Å². The van der Waals surface area contributed by atoms with Crippen LogP contribution in [0.1, 0.15) is 24.0 Å². The Kier molecular flexibility index (Phi) is 7.54. The van der Waals surface area contributed by atoms with E-state index in [9.17, 15) is 4.79 Å². The van der Waals surface area contributed by atoms with E-state index >= 15 is 0 Å². The maximum Gasteiger partial charge on any atom is 0.222 e. The summed E-state index contributed by atoms with van der Waals surface area (Å²) < 4.78 is 5.70. The lowest BCUT2D eigenvalue weighted by Crippen LogP contribution is -2.46. The average molecular weight is 313 g/mol. The molecule has 1 aromatic rings. The number of aryl methyl sites for hydroxylation is 2. The lowest BCUT2D eigenvalue weighted by Gasteiger charge is -2.27. The fraction of sp³-hybridized carbons (Fsp3) is 0.562. The molecule has 0 spiro atoms. The van der Waals surface area contributed by atoms with Gasteiger partial charge < -0.3 is 15.0 Å². The Bertz CT molecular complexity index is 460. The summed E-state index contributed by atoms with van der Waals surface area (Å²) in [6, 6.07) is 6.10. The minimum Gasteiger partial charge on any atom is -0.494 e. The summed E-state index contributed by atoms with van der Waals surface area (Å²) in [6.45, 7) is 8.24. The first-order valence-electron chi connectivity index (χ1n) is 7.35. The topological polar surface area (TPSA) is 41.6 Å². The van der Waals surface area contributed by atoms with Crippen molar-refractivity contribution in [2.24, 2.45) is 0 Å². The van der Waals surface area contributed by atoms with Gasteiger partial charge in [-0.1, -0.05) is 6.07 Å². The summed E-state index contributed by atoms with van der Waals surface area (Å²) in [4.78, 5) is 13.9. The maximum absolute atomic E-state index is 12.0. The standard InChI is InChI=1S/C16H24N2O2.ClH/c1-13-5-6-15(12-14(13)2)20-11-3-4-16(19)18-9-7-17-8-10-18;/h5-6,12,17H,3-4,7-11H2,1-2H3;1H. The molecule has 1 saturated heterocycles. The number of benzene rings is 1. The summed E-state index contributed by atoms with van der Waals surface area (Å²) in [5, 5.41) is 3.25. The van der Waals surface area contributed by atoms with Crippen LogP contribution in [0.15, 0.2) is 18.2 Å². The van der Waals surface area contributed by atoms with Crippen molar-refractivity contribution in [3.8, 4) is 5.75 Å². The number of carbonyl (C=O) groups excluding carboxylic acids is 1. The highest BCUT2D eigenvalue weighted by Gasteiger charge is 2.15. The molecule has 1 heterocycles. The summed E-state index contributed by atoms with van der Waals surface area (Å²) in [5.41, 5.74) is 2.51. The van der Waals surface area contributed by atoms with Crippen molar-refractivity contribution in [1.29, 1.82) is 0 Å². The molecule has 1 fully saturated rings. The van der Waals surface area contributed by atoms with E-state index in [1.54, 1.807) is 0 Å². The number of hydrogen-bond donors (Lipinski definition) is 1. The molecule has 0 unspecified atom stereocenters. The molecule has 0 bridgehead atoms. The zero-order valence-electron chi connectivity index (χ0n) is 12.9. The van der Waals surface area contributed by atoms with Crippen LogP contribution in [0.2, 0.25) is 0 Å². The Balaban J connectivity index is 0.00000220. The van der Waals surface area contributed by atoms with Gasteiger partial charge in [-0.15, -0.1) is 12.4 Å². The highest BCUT2D eigenvalue weighted by Crippen LogP contribution is 2.16. The Labute approximate surface area is 133 Å². The molecule has 1 aromatic carbocycles. The van der Waals surface area contributed by atoms with Crippen LogP contribution in [-0.4, -0.2) is 43.6 Å². The highest BCUT2D eigenvalue weighted by atomic mass is 35.5. The van der Waals surface area contributed by atoms with E-state index in [1.807, 2.05) is 17.0 Å². The maximum atomic E-state index is 12.0. The van der Waals surface area contributed by atoms with Crippen molar-refractivity contribution >= 4 is 18.3 Å². The molecule has 1 aliphatic rings. The molecular formula is C16H25ClN2O2. The van der Waals surface area contributed by atoms with Crippen LogP contribution in [0.3, 0.4) is 0 Å². The number of rotatable bonds is 5. The van der Waals surface area contributed by atoms with Gasteiger partial charge >= 0.3 is 0 Å². The number of nitrogens with zero attached hydrogens (tertiary/aromatic N) is 1. The number of ether oxygens (including phenoxy) is 1. The summed E-state index contributed by atoms with van der Waals surface area (Å²) in [7, 11) is 0. The Morgan fingerprint density at radius 2 is 1.95 bits per heavy atom. The number of halogens is 1. The Morgan fingerprint density at radius 3 is 2.62 bits per heavy atom. The van der Waals surface area contributed by atoms with E-state index in [0.29, 0.717) is 13.0 Å². The van der Waals surface area contributed by atoms with Crippen LogP contribution < -0.4 is 10.1 Å². The molecule has 2 rings (SSSR count). The first-order valence-corrected chi connectivity index (χ1v) is 7.35. The molecule has 1 aliphatic heterocycles. The summed E-state index contributed by atoms with van der Waals surface area (Å²) in [5.74, 6) is 1.14. The second-order valence-electron chi connectivity index (χ2n) is 5.33. The quantitative estimate of drug-likeness (QED) is 0.848. The van der Waals surface area contributed by atoms with E-state index in [1.165, 1.54) is 11.1 Å². The van der Waals surface area contributed by atoms with E-state index in [-0.39, 0.29) is 18.3 Å². The van der Waals surface area contributed by atoms with Gasteiger partial charge in [-0.3, -0.25) is 4.79 Å². The SMILES string of the molecule is Cc1ccc(OCCCC(=O)N2CCNCC2)cc1C.Cl. The van der Waals surface area contributed by atoms with Gasteiger partial charge in [0.2, 0.25) is 5.91 Å². The molecule has 21 heavy (non-hydrogen) atoms. The molecule has 1 amide bonds. The minimum atomic E-state index is 0. The van der Waals surface area contributed by atoms with Crippen molar-refractivity contribution < 1.29 is 9.53 Å². The van der Waals surface area contributed by atoms with Crippen molar-refractivity contribution in [1.82, 2.24) is 10.2 Å². The normalized spacial score (nSPS) is 14.5. The fourth-order valence-corrected chi connectivity index (χ4v) is 2.29. The number of piperazine rings is 1. The fourth-order valence-electron chi connectivity index (χ4n) is 2.29. The number of amides is 1. The molecule has 1 N–H and O–H groups in total. The Morgan fingerprint density at radius 1 is 1.24 bits per heavy atom. The van der Waals surface area contributed by atoms with Crippen LogP contribution in [0, 0.1) is 13.8 Å². The molecule has 0 aliphatic carbocycles. The predicted octanol–water partition coefficient (Wildman–Crippen LogP) is 2.32. The zero-order chi connectivity index (χ0) is 14.4. The number of hydrogen-bond acceptors (Lipinski definition) is 3. The molecule has 4 nitrogen and oxygen atoms in total. The number of nitrogens with one attached hydrogen (secondary N) is 1. The van der Waals surface area contributed by atoms with Crippen molar-refractivity contribution in [3.05, 3.63) is 29.3 Å². The molecule has 0 atom stereocenters. The lowest BCUT2D eigenvalue weighted by atomic mass is 10.1. The van der Waals surface area contributed by atoms with E-state index in [2.05, 4.69) is 25.2 Å². The smallest absolute Gasteiger partial charge is 0.222 e. The van der Waals surface area contributed by atoms with Gasteiger partial charge in [-0.25, -0.2) is 0 Å². The molecular weight excluding hydrogens is 288 g/mol. The molecule has 118 valence electrons. The average Bonchev–Trinajstić information content (AvgIpc) is 2.48.